The number of methoxy groups -OCH3 is 2. The number of thiazole rings is 1. The predicted molar refractivity (Wildman–Crippen MR) is 151 cm³/mol. The molecule has 1 unspecified atom stereocenters. The number of rotatable bonds is 8. The molecule has 11 nitrogen and oxygen atoms in total. The molecule has 0 saturated heterocycles. The summed E-state index contributed by atoms with van der Waals surface area (Å²) in [5.41, 5.74) is 1.23. The highest BCUT2D eigenvalue weighted by atomic mass is 32.1. The number of carbonyl (C=O) groups excluding carboxylic acids is 1. The third-order valence-electron chi connectivity index (χ3n) is 6.49. The molecule has 0 radical (unpaired) electrons. The first-order valence-corrected chi connectivity index (χ1v) is 13.3. The Hall–Kier alpha value is -4.97. The molecule has 0 amide bonds. The average molecular weight is 576 g/mol. The van der Waals surface area contributed by atoms with Gasteiger partial charge in [-0.3, -0.25) is 19.5 Å². The molecule has 1 atom stereocenters. The molecule has 210 valence electrons. The second-order valence-corrected chi connectivity index (χ2v) is 9.93. The van der Waals surface area contributed by atoms with Crippen molar-refractivity contribution in [1.82, 2.24) is 4.57 Å². The zero-order valence-corrected chi connectivity index (χ0v) is 23.4. The van der Waals surface area contributed by atoms with Crippen LogP contribution in [0.3, 0.4) is 0 Å². The molecular weight excluding hydrogens is 550 g/mol. The minimum absolute atomic E-state index is 0.0606. The first-order valence-electron chi connectivity index (χ1n) is 12.5. The number of hydrogen-bond acceptors (Lipinski definition) is 10. The quantitative estimate of drug-likeness (QED) is 0.175. The van der Waals surface area contributed by atoms with E-state index in [0.717, 1.165) is 11.3 Å². The van der Waals surface area contributed by atoms with Gasteiger partial charge in [-0.05, 0) is 44.2 Å². The molecule has 0 saturated carbocycles. The largest absolute Gasteiger partial charge is 0.497 e. The lowest BCUT2D eigenvalue weighted by molar-refractivity contribution is -0.384. The number of allylic oxidation sites excluding steroid dienone is 1. The monoisotopic (exact) mass is 575 g/mol. The number of nitro groups is 1. The molecule has 0 bridgehead atoms. The van der Waals surface area contributed by atoms with Gasteiger partial charge in [-0.2, -0.15) is 0 Å². The van der Waals surface area contributed by atoms with Gasteiger partial charge in [-0.25, -0.2) is 9.79 Å². The van der Waals surface area contributed by atoms with Gasteiger partial charge in [0.05, 0.1) is 41.6 Å². The zero-order valence-electron chi connectivity index (χ0n) is 22.6. The summed E-state index contributed by atoms with van der Waals surface area (Å²) in [6, 6.07) is 13.7. The van der Waals surface area contributed by atoms with Crippen molar-refractivity contribution in [2.45, 2.75) is 19.9 Å². The van der Waals surface area contributed by atoms with Crippen molar-refractivity contribution in [3.8, 4) is 22.8 Å². The highest BCUT2D eigenvalue weighted by Gasteiger charge is 2.35. The molecule has 0 fully saturated rings. The Morgan fingerprint density at radius 3 is 2.68 bits per heavy atom. The van der Waals surface area contributed by atoms with Crippen LogP contribution in [0.2, 0.25) is 0 Å². The van der Waals surface area contributed by atoms with E-state index in [1.54, 1.807) is 62.4 Å². The van der Waals surface area contributed by atoms with E-state index in [2.05, 4.69) is 4.99 Å². The molecule has 2 aromatic carbocycles. The fourth-order valence-corrected chi connectivity index (χ4v) is 5.65. The first kappa shape index (κ1) is 27.6. The van der Waals surface area contributed by atoms with Crippen LogP contribution in [0.4, 0.5) is 5.69 Å². The van der Waals surface area contributed by atoms with E-state index in [0.29, 0.717) is 49.2 Å². The van der Waals surface area contributed by atoms with Crippen molar-refractivity contribution in [2.24, 2.45) is 4.99 Å². The maximum Gasteiger partial charge on any atom is 0.338 e. The Morgan fingerprint density at radius 2 is 1.98 bits per heavy atom. The lowest BCUT2D eigenvalue weighted by Gasteiger charge is -2.26. The number of benzene rings is 2. The van der Waals surface area contributed by atoms with Gasteiger partial charge in [0.15, 0.2) is 4.80 Å². The van der Waals surface area contributed by atoms with Gasteiger partial charge in [-0.1, -0.05) is 23.5 Å². The van der Waals surface area contributed by atoms with Gasteiger partial charge in [0, 0.05) is 29.3 Å². The van der Waals surface area contributed by atoms with Crippen molar-refractivity contribution in [3.63, 3.8) is 0 Å². The van der Waals surface area contributed by atoms with Crippen molar-refractivity contribution >= 4 is 29.1 Å². The SMILES string of the molecule is CCOC(=O)C1=C(C)N=c2sc(=Cc3ccc(-c4cccc([N+](=O)[O-])c4)o3)c(=O)n2C1c1cc(OC)ccc1OC. The summed E-state index contributed by atoms with van der Waals surface area (Å²) >= 11 is 1.14. The normalized spacial score (nSPS) is 14.8. The number of carbonyl (C=O) groups is 1. The van der Waals surface area contributed by atoms with E-state index in [9.17, 15) is 19.7 Å². The third kappa shape index (κ3) is 5.16. The smallest absolute Gasteiger partial charge is 0.338 e. The minimum Gasteiger partial charge on any atom is -0.497 e. The molecule has 0 aliphatic carbocycles. The number of esters is 1. The molecule has 2 aromatic heterocycles. The Labute approximate surface area is 237 Å². The van der Waals surface area contributed by atoms with Crippen LogP contribution in [-0.4, -0.2) is 36.3 Å². The van der Waals surface area contributed by atoms with E-state index in [1.165, 1.54) is 30.9 Å². The standard InChI is InChI=1S/C29H25N3O8S/c1-5-39-28(34)25-16(2)30-29-31(26(25)21-14-19(37-3)9-12-23(21)38-4)27(33)24(41-29)15-20-10-11-22(40-20)17-7-6-8-18(13-17)32(35)36/h6-15,26H,5H2,1-4H3. The Morgan fingerprint density at radius 1 is 1.17 bits per heavy atom. The minimum atomic E-state index is -0.894. The molecule has 4 aromatic rings. The number of ether oxygens (including phenoxy) is 3. The summed E-state index contributed by atoms with van der Waals surface area (Å²) in [6.45, 7) is 3.55. The van der Waals surface area contributed by atoms with Crippen LogP contribution in [-0.2, 0) is 9.53 Å². The predicted octanol–water partition coefficient (Wildman–Crippen LogP) is 3.98. The zero-order chi connectivity index (χ0) is 29.3. The van der Waals surface area contributed by atoms with Gasteiger partial charge < -0.3 is 18.6 Å². The summed E-state index contributed by atoms with van der Waals surface area (Å²) in [5, 5.41) is 11.2. The average Bonchev–Trinajstić information content (AvgIpc) is 3.56. The molecule has 0 spiro atoms. The van der Waals surface area contributed by atoms with Crippen LogP contribution in [0.25, 0.3) is 17.4 Å². The topological polar surface area (TPSA) is 135 Å². The number of non-ortho nitro benzene ring substituents is 1. The van der Waals surface area contributed by atoms with Crippen molar-refractivity contribution < 1.29 is 28.3 Å². The van der Waals surface area contributed by atoms with Crippen LogP contribution in [0.5, 0.6) is 11.5 Å². The number of hydrogen-bond donors (Lipinski definition) is 0. The third-order valence-corrected chi connectivity index (χ3v) is 7.47. The van der Waals surface area contributed by atoms with Gasteiger partial charge in [0.2, 0.25) is 0 Å². The lowest BCUT2D eigenvalue weighted by atomic mass is 9.95. The van der Waals surface area contributed by atoms with Crippen LogP contribution in [0.15, 0.2) is 80.1 Å². The number of fused-ring (bicyclic) bond motifs is 1. The fourth-order valence-electron chi connectivity index (χ4n) is 4.63. The van der Waals surface area contributed by atoms with Gasteiger partial charge in [-0.15, -0.1) is 0 Å². The van der Waals surface area contributed by atoms with Gasteiger partial charge >= 0.3 is 5.97 Å². The van der Waals surface area contributed by atoms with Crippen LogP contribution in [0, 0.1) is 10.1 Å². The first-order chi connectivity index (χ1) is 19.7. The van der Waals surface area contributed by atoms with Gasteiger partial charge in [0.1, 0.15) is 29.1 Å². The Balaban J connectivity index is 1.66. The summed E-state index contributed by atoms with van der Waals surface area (Å²) in [5.74, 6) is 1.16. The molecule has 1 aliphatic rings. The van der Waals surface area contributed by atoms with E-state index in [4.69, 9.17) is 18.6 Å². The second-order valence-electron chi connectivity index (χ2n) is 8.92. The lowest BCUT2D eigenvalue weighted by Crippen LogP contribution is -2.40. The molecular formula is C29H25N3O8S. The summed E-state index contributed by atoms with van der Waals surface area (Å²) in [7, 11) is 3.03. The number of nitrogens with zero attached hydrogens (tertiary/aromatic N) is 3. The highest BCUT2D eigenvalue weighted by Crippen LogP contribution is 2.38. The van der Waals surface area contributed by atoms with E-state index in [1.807, 2.05) is 0 Å². The number of nitro benzene ring substituents is 1. The summed E-state index contributed by atoms with van der Waals surface area (Å²) < 4.78 is 24.1. The number of aromatic nitrogens is 1. The number of furan rings is 1. The van der Waals surface area contributed by atoms with Crippen LogP contribution in [0.1, 0.15) is 31.2 Å². The fraction of sp³-hybridized carbons (Fsp3) is 0.207. The molecule has 41 heavy (non-hydrogen) atoms. The molecule has 3 heterocycles. The maximum atomic E-state index is 13.9. The Bertz CT molecular complexity index is 1880. The van der Waals surface area contributed by atoms with E-state index in [-0.39, 0.29) is 17.9 Å². The molecule has 5 rings (SSSR count). The van der Waals surface area contributed by atoms with E-state index >= 15 is 0 Å². The highest BCUT2D eigenvalue weighted by molar-refractivity contribution is 7.07. The van der Waals surface area contributed by atoms with E-state index < -0.39 is 22.5 Å². The van der Waals surface area contributed by atoms with Crippen molar-refractivity contribution in [3.05, 3.63) is 107 Å². The van der Waals surface area contributed by atoms with Crippen molar-refractivity contribution in [1.29, 1.82) is 0 Å². The summed E-state index contributed by atoms with van der Waals surface area (Å²) in [6.07, 6.45) is 1.58. The van der Waals surface area contributed by atoms with Gasteiger partial charge in [0.25, 0.3) is 11.2 Å². The van der Waals surface area contributed by atoms with Crippen LogP contribution >= 0.6 is 11.3 Å². The maximum absolute atomic E-state index is 13.9. The Kier molecular flexibility index (Phi) is 7.58. The van der Waals surface area contributed by atoms with Crippen LogP contribution < -0.4 is 24.4 Å². The molecule has 0 N–H and O–H groups in total. The molecule has 1 aliphatic heterocycles. The van der Waals surface area contributed by atoms with Crippen molar-refractivity contribution in [2.75, 3.05) is 20.8 Å². The summed E-state index contributed by atoms with van der Waals surface area (Å²) in [4.78, 5) is 42.7. The second kappa shape index (κ2) is 11.3. The molecule has 12 heteroatoms.